The normalized spacial score (nSPS) is 16.5. The summed E-state index contributed by atoms with van der Waals surface area (Å²) in [6.07, 6.45) is 1.52. The van der Waals surface area contributed by atoms with Gasteiger partial charge in [0.1, 0.15) is 5.82 Å². The summed E-state index contributed by atoms with van der Waals surface area (Å²) in [5.41, 5.74) is 5.84. The van der Waals surface area contributed by atoms with E-state index in [1.54, 1.807) is 26.4 Å². The fourth-order valence-electron chi connectivity index (χ4n) is 2.81. The molecule has 0 spiro atoms. The molecule has 1 aliphatic heterocycles. The standard InChI is InChI=1S/C15H21FN2O3/c1-20-15(21-2)10-5-7-18(8-6-10)13-4-3-11(14(17)19)9-12(13)16/h3-4,9-10,15H,5-8H2,1-2H3,(H2,17,19). The van der Waals surface area contributed by atoms with Crippen molar-refractivity contribution in [3.63, 3.8) is 0 Å². The molecular formula is C15H21FN2O3. The number of ether oxygens (including phenoxy) is 2. The number of hydrogen-bond acceptors (Lipinski definition) is 4. The minimum absolute atomic E-state index is 0.185. The molecule has 0 unspecified atom stereocenters. The lowest BCUT2D eigenvalue weighted by Crippen LogP contribution is -2.39. The Bertz CT molecular complexity index is 498. The second kappa shape index (κ2) is 6.87. The van der Waals surface area contributed by atoms with Gasteiger partial charge in [0, 0.05) is 38.8 Å². The number of methoxy groups -OCH3 is 2. The molecule has 116 valence electrons. The van der Waals surface area contributed by atoms with Crippen molar-refractivity contribution in [3.05, 3.63) is 29.6 Å². The number of piperidine rings is 1. The Labute approximate surface area is 123 Å². The van der Waals surface area contributed by atoms with E-state index >= 15 is 0 Å². The van der Waals surface area contributed by atoms with Crippen molar-refractivity contribution in [2.24, 2.45) is 11.7 Å². The Balaban J connectivity index is 2.04. The number of rotatable bonds is 5. The zero-order valence-corrected chi connectivity index (χ0v) is 12.3. The number of carbonyl (C=O) groups is 1. The van der Waals surface area contributed by atoms with Gasteiger partial charge < -0.3 is 20.1 Å². The number of halogens is 1. The fraction of sp³-hybridized carbons (Fsp3) is 0.533. The minimum Gasteiger partial charge on any atom is -0.369 e. The molecule has 0 aromatic heterocycles. The molecule has 1 heterocycles. The molecule has 5 nitrogen and oxygen atoms in total. The maximum atomic E-state index is 14.1. The van der Waals surface area contributed by atoms with Gasteiger partial charge in [-0.2, -0.15) is 0 Å². The molecule has 0 bridgehead atoms. The van der Waals surface area contributed by atoms with Crippen molar-refractivity contribution in [3.8, 4) is 0 Å². The van der Waals surface area contributed by atoms with Crippen LogP contribution in [0.4, 0.5) is 10.1 Å². The molecule has 1 aromatic carbocycles. The van der Waals surface area contributed by atoms with E-state index in [0.717, 1.165) is 25.9 Å². The first-order valence-electron chi connectivity index (χ1n) is 6.96. The van der Waals surface area contributed by atoms with Gasteiger partial charge >= 0.3 is 0 Å². The van der Waals surface area contributed by atoms with Crippen LogP contribution in [0.25, 0.3) is 0 Å². The topological polar surface area (TPSA) is 64.8 Å². The fourth-order valence-corrected chi connectivity index (χ4v) is 2.81. The number of hydrogen-bond donors (Lipinski definition) is 1. The van der Waals surface area contributed by atoms with Gasteiger partial charge in [0.25, 0.3) is 0 Å². The molecule has 21 heavy (non-hydrogen) atoms. The highest BCUT2D eigenvalue weighted by Gasteiger charge is 2.27. The van der Waals surface area contributed by atoms with Gasteiger partial charge in [-0.3, -0.25) is 4.79 Å². The van der Waals surface area contributed by atoms with Crippen LogP contribution in [0.3, 0.4) is 0 Å². The van der Waals surface area contributed by atoms with Crippen LogP contribution < -0.4 is 10.6 Å². The lowest BCUT2D eigenvalue weighted by molar-refractivity contribution is -0.141. The largest absolute Gasteiger partial charge is 0.369 e. The summed E-state index contributed by atoms with van der Waals surface area (Å²) in [6, 6.07) is 4.36. The Morgan fingerprint density at radius 3 is 2.43 bits per heavy atom. The predicted octanol–water partition coefficient (Wildman–Crippen LogP) is 1.76. The summed E-state index contributed by atoms with van der Waals surface area (Å²) in [5, 5.41) is 0. The first-order chi connectivity index (χ1) is 10.1. The Kier molecular flexibility index (Phi) is 5.14. The van der Waals surface area contributed by atoms with Crippen molar-refractivity contribution in [1.82, 2.24) is 0 Å². The number of carbonyl (C=O) groups excluding carboxylic acids is 1. The summed E-state index contributed by atoms with van der Waals surface area (Å²) in [7, 11) is 3.26. The number of nitrogens with two attached hydrogens (primary N) is 1. The van der Waals surface area contributed by atoms with Crippen LogP contribution in [0.15, 0.2) is 18.2 Å². The van der Waals surface area contributed by atoms with Gasteiger partial charge in [0.2, 0.25) is 5.91 Å². The van der Waals surface area contributed by atoms with Crippen LogP contribution in [-0.2, 0) is 9.47 Å². The molecule has 1 amide bonds. The lowest BCUT2D eigenvalue weighted by atomic mass is 9.95. The molecule has 0 radical (unpaired) electrons. The van der Waals surface area contributed by atoms with E-state index in [0.29, 0.717) is 11.6 Å². The molecule has 2 rings (SSSR count). The van der Waals surface area contributed by atoms with E-state index in [1.807, 2.05) is 4.90 Å². The molecule has 0 saturated carbocycles. The summed E-state index contributed by atoms with van der Waals surface area (Å²) in [6.45, 7) is 1.45. The van der Waals surface area contributed by atoms with Crippen LogP contribution in [-0.4, -0.2) is 39.5 Å². The summed E-state index contributed by atoms with van der Waals surface area (Å²) < 4.78 is 24.6. The average Bonchev–Trinajstić information content (AvgIpc) is 2.49. The number of nitrogens with zero attached hydrogens (tertiary/aromatic N) is 1. The highest BCUT2D eigenvalue weighted by molar-refractivity contribution is 5.93. The van der Waals surface area contributed by atoms with Crippen molar-refractivity contribution in [2.75, 3.05) is 32.2 Å². The van der Waals surface area contributed by atoms with E-state index in [1.165, 1.54) is 6.07 Å². The molecule has 0 atom stereocenters. The summed E-state index contributed by atoms with van der Waals surface area (Å²) in [5.74, 6) is -0.730. The van der Waals surface area contributed by atoms with Gasteiger partial charge in [-0.1, -0.05) is 0 Å². The number of amides is 1. The second-order valence-electron chi connectivity index (χ2n) is 5.19. The zero-order chi connectivity index (χ0) is 15.4. The predicted molar refractivity (Wildman–Crippen MR) is 77.7 cm³/mol. The van der Waals surface area contributed by atoms with Crippen LogP contribution in [0.5, 0.6) is 0 Å². The van der Waals surface area contributed by atoms with E-state index in [-0.39, 0.29) is 11.9 Å². The second-order valence-corrected chi connectivity index (χ2v) is 5.19. The van der Waals surface area contributed by atoms with Gasteiger partial charge in [-0.25, -0.2) is 4.39 Å². The quantitative estimate of drug-likeness (QED) is 0.841. The average molecular weight is 296 g/mol. The van der Waals surface area contributed by atoms with Gasteiger partial charge in [-0.05, 0) is 31.0 Å². The molecular weight excluding hydrogens is 275 g/mol. The molecule has 1 aliphatic rings. The van der Waals surface area contributed by atoms with Crippen molar-refractivity contribution >= 4 is 11.6 Å². The van der Waals surface area contributed by atoms with E-state index in [2.05, 4.69) is 0 Å². The SMILES string of the molecule is COC(OC)C1CCN(c2ccc(C(N)=O)cc2F)CC1. The van der Waals surface area contributed by atoms with E-state index in [9.17, 15) is 9.18 Å². The molecule has 1 fully saturated rings. The third kappa shape index (κ3) is 3.51. The number of benzene rings is 1. The maximum Gasteiger partial charge on any atom is 0.248 e. The monoisotopic (exact) mass is 296 g/mol. The van der Waals surface area contributed by atoms with E-state index < -0.39 is 11.7 Å². The minimum atomic E-state index is -0.623. The first kappa shape index (κ1) is 15.7. The van der Waals surface area contributed by atoms with Crippen LogP contribution in [0, 0.1) is 11.7 Å². The molecule has 0 aliphatic carbocycles. The van der Waals surface area contributed by atoms with Crippen LogP contribution >= 0.6 is 0 Å². The highest BCUT2D eigenvalue weighted by Crippen LogP contribution is 2.28. The van der Waals surface area contributed by atoms with Crippen LogP contribution in [0.2, 0.25) is 0 Å². The molecule has 6 heteroatoms. The Morgan fingerprint density at radius 2 is 1.95 bits per heavy atom. The van der Waals surface area contributed by atoms with Gasteiger partial charge in [-0.15, -0.1) is 0 Å². The molecule has 2 N–H and O–H groups in total. The van der Waals surface area contributed by atoms with Gasteiger partial charge in [0.15, 0.2) is 6.29 Å². The van der Waals surface area contributed by atoms with Crippen molar-refractivity contribution in [1.29, 1.82) is 0 Å². The van der Waals surface area contributed by atoms with E-state index in [4.69, 9.17) is 15.2 Å². The highest BCUT2D eigenvalue weighted by atomic mass is 19.1. The Morgan fingerprint density at radius 1 is 1.33 bits per heavy atom. The molecule has 1 aromatic rings. The third-order valence-corrected chi connectivity index (χ3v) is 3.96. The maximum absolute atomic E-state index is 14.1. The smallest absolute Gasteiger partial charge is 0.248 e. The van der Waals surface area contributed by atoms with Gasteiger partial charge in [0.05, 0.1) is 5.69 Å². The van der Waals surface area contributed by atoms with Crippen molar-refractivity contribution in [2.45, 2.75) is 19.1 Å². The third-order valence-electron chi connectivity index (χ3n) is 3.96. The molecule has 1 saturated heterocycles. The summed E-state index contributed by atoms with van der Waals surface area (Å²) in [4.78, 5) is 13.0. The van der Waals surface area contributed by atoms with Crippen molar-refractivity contribution < 1.29 is 18.7 Å². The zero-order valence-electron chi connectivity index (χ0n) is 12.3. The van der Waals surface area contributed by atoms with Crippen LogP contribution in [0.1, 0.15) is 23.2 Å². The number of anilines is 1. The summed E-state index contributed by atoms with van der Waals surface area (Å²) >= 11 is 0. The Hall–Kier alpha value is -1.66. The first-order valence-corrected chi connectivity index (χ1v) is 6.96. The number of primary amides is 1. The lowest BCUT2D eigenvalue weighted by Gasteiger charge is -2.36.